The van der Waals surface area contributed by atoms with Crippen molar-refractivity contribution in [1.29, 1.82) is 0 Å². The number of amides is 1. The molecule has 28 heavy (non-hydrogen) atoms. The van der Waals surface area contributed by atoms with Gasteiger partial charge in [0.2, 0.25) is 10.0 Å². The molecule has 0 bridgehead atoms. The number of sulfonamides is 2. The topological polar surface area (TPSA) is 126 Å². The van der Waals surface area contributed by atoms with Gasteiger partial charge in [-0.15, -0.1) is 6.42 Å². The van der Waals surface area contributed by atoms with E-state index in [4.69, 9.17) is 6.42 Å². The third-order valence-electron chi connectivity index (χ3n) is 3.57. The van der Waals surface area contributed by atoms with Gasteiger partial charge in [0.15, 0.2) is 5.78 Å². The summed E-state index contributed by atoms with van der Waals surface area (Å²) >= 11 is 0. The monoisotopic (exact) mass is 420 g/mol. The van der Waals surface area contributed by atoms with Crippen LogP contribution in [-0.4, -0.2) is 35.1 Å². The molecule has 0 spiro atoms. The SMILES string of the molecule is C#CCNS(=O)(=O)c1cccc(C(=O)NS(=O)(=O)c2ccc(C(C)=O)cc2)c1. The van der Waals surface area contributed by atoms with Crippen LogP contribution >= 0.6 is 0 Å². The van der Waals surface area contributed by atoms with Crippen LogP contribution in [0.4, 0.5) is 0 Å². The molecule has 0 fully saturated rings. The van der Waals surface area contributed by atoms with Crippen molar-refractivity contribution >= 4 is 31.7 Å². The molecule has 2 aromatic carbocycles. The summed E-state index contributed by atoms with van der Waals surface area (Å²) in [6.45, 7) is 1.11. The highest BCUT2D eigenvalue weighted by Gasteiger charge is 2.21. The molecular weight excluding hydrogens is 404 g/mol. The zero-order valence-electron chi connectivity index (χ0n) is 14.7. The van der Waals surface area contributed by atoms with Crippen LogP contribution < -0.4 is 9.44 Å². The number of hydrogen-bond donors (Lipinski definition) is 2. The number of carbonyl (C=O) groups is 2. The summed E-state index contributed by atoms with van der Waals surface area (Å²) < 4.78 is 52.9. The summed E-state index contributed by atoms with van der Waals surface area (Å²) in [5, 5.41) is 0. The minimum atomic E-state index is -4.22. The van der Waals surface area contributed by atoms with Crippen LogP contribution in [0.25, 0.3) is 0 Å². The van der Waals surface area contributed by atoms with Gasteiger partial charge in [0.25, 0.3) is 15.9 Å². The largest absolute Gasteiger partial charge is 0.295 e. The highest BCUT2D eigenvalue weighted by molar-refractivity contribution is 7.90. The average molecular weight is 420 g/mol. The van der Waals surface area contributed by atoms with Crippen molar-refractivity contribution in [2.75, 3.05) is 6.54 Å². The Morgan fingerprint density at radius 3 is 2.14 bits per heavy atom. The van der Waals surface area contributed by atoms with E-state index in [0.29, 0.717) is 5.56 Å². The highest BCUT2D eigenvalue weighted by atomic mass is 32.2. The number of benzene rings is 2. The van der Waals surface area contributed by atoms with Crippen LogP contribution in [0.15, 0.2) is 58.3 Å². The van der Waals surface area contributed by atoms with Gasteiger partial charge in [0, 0.05) is 11.1 Å². The van der Waals surface area contributed by atoms with Crippen molar-refractivity contribution < 1.29 is 26.4 Å². The zero-order chi connectivity index (χ0) is 20.9. The second-order valence-electron chi connectivity index (χ2n) is 5.57. The fourth-order valence-electron chi connectivity index (χ4n) is 2.13. The highest BCUT2D eigenvalue weighted by Crippen LogP contribution is 2.14. The lowest BCUT2D eigenvalue weighted by Gasteiger charge is -2.09. The minimum Gasteiger partial charge on any atom is -0.295 e. The average Bonchev–Trinajstić information content (AvgIpc) is 2.66. The maximum absolute atomic E-state index is 12.4. The molecule has 2 aromatic rings. The van der Waals surface area contributed by atoms with Crippen LogP contribution in [0, 0.1) is 12.3 Å². The second-order valence-corrected chi connectivity index (χ2v) is 9.02. The molecular formula is C18H16N2O6S2. The molecule has 0 heterocycles. The molecule has 0 aliphatic heterocycles. The van der Waals surface area contributed by atoms with Gasteiger partial charge in [-0.25, -0.2) is 21.6 Å². The maximum Gasteiger partial charge on any atom is 0.265 e. The summed E-state index contributed by atoms with van der Waals surface area (Å²) in [4.78, 5) is 23.1. The van der Waals surface area contributed by atoms with Crippen LogP contribution in [0.5, 0.6) is 0 Å². The third-order valence-corrected chi connectivity index (χ3v) is 6.31. The van der Waals surface area contributed by atoms with Crippen molar-refractivity contribution in [3.05, 3.63) is 59.7 Å². The molecule has 10 heteroatoms. The van der Waals surface area contributed by atoms with E-state index in [1.165, 1.54) is 49.4 Å². The number of Topliss-reactive ketones (excluding diaryl/α,β-unsaturated/α-hetero) is 1. The maximum atomic E-state index is 12.4. The van der Waals surface area contributed by atoms with E-state index in [9.17, 15) is 26.4 Å². The molecule has 0 aliphatic carbocycles. The number of hydrogen-bond acceptors (Lipinski definition) is 6. The molecule has 1 amide bonds. The number of nitrogens with one attached hydrogen (secondary N) is 2. The molecule has 0 aliphatic rings. The summed E-state index contributed by atoms with van der Waals surface area (Å²) in [7, 11) is -8.16. The number of terminal acetylenes is 1. The molecule has 0 unspecified atom stereocenters. The van der Waals surface area contributed by atoms with E-state index in [0.717, 1.165) is 6.07 Å². The number of rotatable bonds is 7. The zero-order valence-corrected chi connectivity index (χ0v) is 16.3. The normalized spacial score (nSPS) is 11.4. The van der Waals surface area contributed by atoms with Crippen LogP contribution in [0.1, 0.15) is 27.6 Å². The van der Waals surface area contributed by atoms with E-state index in [-0.39, 0.29) is 27.7 Å². The van der Waals surface area contributed by atoms with Crippen molar-refractivity contribution in [2.24, 2.45) is 0 Å². The lowest BCUT2D eigenvalue weighted by Crippen LogP contribution is -2.31. The molecule has 146 valence electrons. The van der Waals surface area contributed by atoms with Gasteiger partial charge in [0.05, 0.1) is 16.3 Å². The molecule has 2 N–H and O–H groups in total. The Bertz CT molecular complexity index is 1160. The van der Waals surface area contributed by atoms with Gasteiger partial charge in [-0.3, -0.25) is 9.59 Å². The summed E-state index contributed by atoms with van der Waals surface area (Å²) in [5.74, 6) is 0.880. The summed E-state index contributed by atoms with van der Waals surface area (Å²) in [5.41, 5.74) is 0.148. The standard InChI is InChI=1S/C18H16N2O6S2/c1-3-11-19-27(23,24)17-6-4-5-15(12-17)18(22)20-28(25,26)16-9-7-14(8-10-16)13(2)21/h1,4-10,12,19H,11H2,2H3,(H,20,22). The van der Waals surface area contributed by atoms with E-state index >= 15 is 0 Å². The molecule has 2 rings (SSSR count). The Kier molecular flexibility index (Phi) is 6.35. The Hall–Kier alpha value is -3.00. The van der Waals surface area contributed by atoms with Crippen molar-refractivity contribution in [3.63, 3.8) is 0 Å². The van der Waals surface area contributed by atoms with Crippen LogP contribution in [0.2, 0.25) is 0 Å². The van der Waals surface area contributed by atoms with Crippen LogP contribution in [0.3, 0.4) is 0 Å². The van der Waals surface area contributed by atoms with Crippen molar-refractivity contribution in [3.8, 4) is 12.3 Å². The van der Waals surface area contributed by atoms with Gasteiger partial charge in [-0.05, 0) is 37.3 Å². The first-order valence-electron chi connectivity index (χ1n) is 7.78. The Morgan fingerprint density at radius 2 is 1.57 bits per heavy atom. The second kappa shape index (κ2) is 8.35. The first kappa shape index (κ1) is 21.3. The fraction of sp³-hybridized carbons (Fsp3) is 0.111. The molecule has 0 aromatic heterocycles. The van der Waals surface area contributed by atoms with Gasteiger partial charge in [0.1, 0.15) is 0 Å². The van der Waals surface area contributed by atoms with Crippen LogP contribution in [-0.2, 0) is 20.0 Å². The predicted octanol–water partition coefficient (Wildman–Crippen LogP) is 0.919. The lowest BCUT2D eigenvalue weighted by atomic mass is 10.2. The van der Waals surface area contributed by atoms with E-state index in [1.807, 2.05) is 4.72 Å². The Morgan fingerprint density at radius 1 is 0.929 bits per heavy atom. The first-order valence-corrected chi connectivity index (χ1v) is 10.7. The van der Waals surface area contributed by atoms with E-state index in [1.54, 1.807) is 0 Å². The lowest BCUT2D eigenvalue weighted by molar-refractivity contribution is 0.0978. The Labute approximate surface area is 163 Å². The van der Waals surface area contributed by atoms with Crippen molar-refractivity contribution in [2.45, 2.75) is 16.7 Å². The number of carbonyl (C=O) groups excluding carboxylic acids is 2. The quantitative estimate of drug-likeness (QED) is 0.507. The molecule has 0 saturated heterocycles. The van der Waals surface area contributed by atoms with Gasteiger partial charge < -0.3 is 0 Å². The van der Waals surface area contributed by atoms with Gasteiger partial charge >= 0.3 is 0 Å². The van der Waals surface area contributed by atoms with Gasteiger partial charge in [-0.2, -0.15) is 4.72 Å². The predicted molar refractivity (Wildman–Crippen MR) is 102 cm³/mol. The van der Waals surface area contributed by atoms with E-state index < -0.39 is 26.0 Å². The molecule has 0 saturated carbocycles. The van der Waals surface area contributed by atoms with Crippen molar-refractivity contribution in [1.82, 2.24) is 9.44 Å². The van der Waals surface area contributed by atoms with Gasteiger partial charge in [-0.1, -0.05) is 24.1 Å². The molecule has 0 radical (unpaired) electrons. The fourth-order valence-corrected chi connectivity index (χ4v) is 4.09. The first-order chi connectivity index (χ1) is 13.1. The smallest absolute Gasteiger partial charge is 0.265 e. The number of ketones is 1. The summed E-state index contributed by atoms with van der Waals surface area (Å²) in [6.07, 6.45) is 5.02. The molecule has 0 atom stereocenters. The van der Waals surface area contributed by atoms with E-state index in [2.05, 4.69) is 10.6 Å². The summed E-state index contributed by atoms with van der Waals surface area (Å²) in [6, 6.07) is 9.87. The third kappa shape index (κ3) is 5.04. The Balaban J connectivity index is 2.26. The molecule has 8 nitrogen and oxygen atoms in total. The minimum absolute atomic E-state index is 0.174.